The van der Waals surface area contributed by atoms with Gasteiger partial charge in [0.25, 0.3) is 0 Å². The Morgan fingerprint density at radius 3 is 2.35 bits per heavy atom. The van der Waals surface area contributed by atoms with Crippen molar-refractivity contribution < 1.29 is 13.2 Å². The van der Waals surface area contributed by atoms with Crippen LogP contribution in [-0.4, -0.2) is 25.2 Å². The zero-order valence-corrected chi connectivity index (χ0v) is 16.0. The van der Waals surface area contributed by atoms with Gasteiger partial charge in [0.15, 0.2) is 5.96 Å². The second-order valence-electron chi connectivity index (χ2n) is 4.82. The van der Waals surface area contributed by atoms with Crippen LogP contribution in [0.3, 0.4) is 0 Å². The van der Waals surface area contributed by atoms with Crippen LogP contribution >= 0.6 is 35.6 Å². The molecule has 3 nitrogen and oxygen atoms in total. The van der Waals surface area contributed by atoms with Gasteiger partial charge in [-0.3, -0.25) is 0 Å². The first-order valence-electron chi connectivity index (χ1n) is 7.24. The Labute approximate surface area is 157 Å². The smallest absolute Gasteiger partial charge is 0.357 e. The third kappa shape index (κ3) is 11.5. The molecule has 0 radical (unpaired) electrons. The van der Waals surface area contributed by atoms with Crippen LogP contribution in [0.5, 0.6) is 0 Å². The third-order valence-electron chi connectivity index (χ3n) is 2.86. The van der Waals surface area contributed by atoms with Gasteiger partial charge in [-0.25, -0.2) is 4.99 Å². The molecule has 132 valence electrons. The van der Waals surface area contributed by atoms with E-state index in [1.807, 2.05) is 19.1 Å². The summed E-state index contributed by atoms with van der Waals surface area (Å²) >= 11 is 5.81. The topological polar surface area (TPSA) is 36.4 Å². The van der Waals surface area contributed by atoms with Crippen LogP contribution in [0.15, 0.2) is 29.3 Å². The van der Waals surface area contributed by atoms with Gasteiger partial charge in [-0.15, -0.1) is 24.0 Å². The Hall–Kier alpha value is -0.700. The summed E-state index contributed by atoms with van der Waals surface area (Å²) in [6.07, 6.45) is -4.25. The first-order valence-corrected chi connectivity index (χ1v) is 7.62. The maximum absolute atomic E-state index is 12.0. The van der Waals surface area contributed by atoms with Gasteiger partial charge in [-0.05, 0) is 37.5 Å². The Kier molecular flexibility index (Phi) is 11.4. The number of alkyl halides is 3. The van der Waals surface area contributed by atoms with Crippen LogP contribution in [0.4, 0.5) is 13.2 Å². The van der Waals surface area contributed by atoms with E-state index in [1.54, 1.807) is 12.1 Å². The van der Waals surface area contributed by atoms with Crippen molar-refractivity contribution in [2.75, 3.05) is 13.1 Å². The van der Waals surface area contributed by atoms with E-state index in [0.717, 1.165) is 5.56 Å². The molecule has 0 aliphatic carbocycles. The maximum atomic E-state index is 12.0. The van der Waals surface area contributed by atoms with Crippen LogP contribution < -0.4 is 10.6 Å². The van der Waals surface area contributed by atoms with E-state index in [1.165, 1.54) is 0 Å². The van der Waals surface area contributed by atoms with Gasteiger partial charge in [0.05, 0.1) is 6.54 Å². The molecule has 0 aliphatic heterocycles. The number of nitrogens with one attached hydrogen (secondary N) is 2. The van der Waals surface area contributed by atoms with E-state index < -0.39 is 12.6 Å². The van der Waals surface area contributed by atoms with Crippen LogP contribution in [0.2, 0.25) is 5.02 Å². The van der Waals surface area contributed by atoms with E-state index >= 15 is 0 Å². The van der Waals surface area contributed by atoms with E-state index in [-0.39, 0.29) is 30.4 Å². The van der Waals surface area contributed by atoms with Gasteiger partial charge < -0.3 is 10.6 Å². The minimum Gasteiger partial charge on any atom is -0.357 e. The molecule has 0 spiro atoms. The SMILES string of the molecule is CCNC(=NCc1ccc(Cl)cc1)NCCCCC(F)(F)F.I. The monoisotopic (exact) mass is 463 g/mol. The highest BCUT2D eigenvalue weighted by molar-refractivity contribution is 14.0. The number of halogens is 5. The molecule has 2 N–H and O–H groups in total. The highest BCUT2D eigenvalue weighted by Gasteiger charge is 2.25. The molecular weight excluding hydrogens is 442 g/mol. The number of hydrogen-bond acceptors (Lipinski definition) is 1. The number of nitrogens with zero attached hydrogens (tertiary/aromatic N) is 1. The molecule has 0 heterocycles. The van der Waals surface area contributed by atoms with E-state index in [2.05, 4.69) is 15.6 Å². The molecule has 0 bridgehead atoms. The van der Waals surface area contributed by atoms with E-state index in [9.17, 15) is 13.2 Å². The first-order chi connectivity index (χ1) is 10.4. The van der Waals surface area contributed by atoms with Crippen molar-refractivity contribution in [1.82, 2.24) is 10.6 Å². The lowest BCUT2D eigenvalue weighted by molar-refractivity contribution is -0.135. The quantitative estimate of drug-likeness (QED) is 0.265. The minimum atomic E-state index is -4.08. The third-order valence-corrected chi connectivity index (χ3v) is 3.11. The molecule has 1 aromatic rings. The fourth-order valence-electron chi connectivity index (χ4n) is 1.76. The van der Waals surface area contributed by atoms with Crippen LogP contribution in [0.1, 0.15) is 31.7 Å². The molecule has 1 rings (SSSR count). The molecular formula is C15H22ClF3IN3. The van der Waals surface area contributed by atoms with Crippen molar-refractivity contribution in [3.05, 3.63) is 34.9 Å². The van der Waals surface area contributed by atoms with Gasteiger partial charge in [0, 0.05) is 24.5 Å². The number of guanidine groups is 1. The van der Waals surface area contributed by atoms with E-state index in [0.29, 0.717) is 37.0 Å². The Morgan fingerprint density at radius 2 is 1.78 bits per heavy atom. The summed E-state index contributed by atoms with van der Waals surface area (Å²) in [4.78, 5) is 4.39. The Balaban J connectivity index is 0.00000484. The second-order valence-corrected chi connectivity index (χ2v) is 5.26. The highest BCUT2D eigenvalue weighted by Crippen LogP contribution is 2.21. The molecule has 0 saturated carbocycles. The van der Waals surface area contributed by atoms with Gasteiger partial charge in [0.1, 0.15) is 0 Å². The molecule has 1 aromatic carbocycles. The lowest BCUT2D eigenvalue weighted by Gasteiger charge is -2.11. The summed E-state index contributed by atoms with van der Waals surface area (Å²) < 4.78 is 36.1. The molecule has 0 fully saturated rings. The Morgan fingerprint density at radius 1 is 1.13 bits per heavy atom. The van der Waals surface area contributed by atoms with Crippen LogP contribution in [0, 0.1) is 0 Å². The van der Waals surface area contributed by atoms with Gasteiger partial charge >= 0.3 is 6.18 Å². The molecule has 0 unspecified atom stereocenters. The number of hydrogen-bond donors (Lipinski definition) is 2. The average Bonchev–Trinajstić information content (AvgIpc) is 2.44. The lowest BCUT2D eigenvalue weighted by atomic mass is 10.2. The van der Waals surface area contributed by atoms with Gasteiger partial charge in [0.2, 0.25) is 0 Å². The molecule has 0 saturated heterocycles. The maximum Gasteiger partial charge on any atom is 0.389 e. The van der Waals surface area contributed by atoms with Gasteiger partial charge in [-0.2, -0.15) is 13.2 Å². The number of rotatable bonds is 7. The molecule has 0 atom stereocenters. The number of aliphatic imine (C=N–C) groups is 1. The molecule has 0 aliphatic rings. The average molecular weight is 464 g/mol. The summed E-state index contributed by atoms with van der Waals surface area (Å²) in [5.74, 6) is 0.601. The van der Waals surface area contributed by atoms with Crippen molar-refractivity contribution >= 4 is 41.5 Å². The van der Waals surface area contributed by atoms with Crippen LogP contribution in [-0.2, 0) is 6.54 Å². The lowest BCUT2D eigenvalue weighted by Crippen LogP contribution is -2.37. The summed E-state index contributed by atoms with van der Waals surface area (Å²) in [7, 11) is 0. The standard InChI is InChI=1S/C15H21ClF3N3.HI/c1-2-20-14(21-10-4-3-9-15(17,18)19)22-11-12-5-7-13(16)8-6-12;/h5-8H,2-4,9-11H2,1H3,(H2,20,21,22);1H. The summed E-state index contributed by atoms with van der Waals surface area (Å²) in [5.41, 5.74) is 1.01. The van der Waals surface area contributed by atoms with Crippen molar-refractivity contribution in [1.29, 1.82) is 0 Å². The number of unbranched alkanes of at least 4 members (excludes halogenated alkanes) is 1. The van der Waals surface area contributed by atoms with Crippen molar-refractivity contribution in [3.63, 3.8) is 0 Å². The summed E-state index contributed by atoms with van der Waals surface area (Å²) in [6.45, 7) is 3.57. The van der Waals surface area contributed by atoms with Crippen molar-refractivity contribution in [2.24, 2.45) is 4.99 Å². The van der Waals surface area contributed by atoms with Gasteiger partial charge in [-0.1, -0.05) is 23.7 Å². The van der Waals surface area contributed by atoms with Crippen molar-refractivity contribution in [2.45, 2.75) is 38.9 Å². The number of benzene rings is 1. The predicted molar refractivity (Wildman–Crippen MR) is 99.6 cm³/mol. The zero-order chi connectivity index (χ0) is 16.4. The molecule has 23 heavy (non-hydrogen) atoms. The fourth-order valence-corrected chi connectivity index (χ4v) is 1.89. The summed E-state index contributed by atoms with van der Waals surface area (Å²) in [6, 6.07) is 7.37. The Bertz CT molecular complexity index is 464. The highest BCUT2D eigenvalue weighted by atomic mass is 127. The largest absolute Gasteiger partial charge is 0.389 e. The van der Waals surface area contributed by atoms with Crippen molar-refractivity contribution in [3.8, 4) is 0 Å². The van der Waals surface area contributed by atoms with Crippen LogP contribution in [0.25, 0.3) is 0 Å². The molecule has 8 heteroatoms. The zero-order valence-electron chi connectivity index (χ0n) is 12.9. The minimum absolute atomic E-state index is 0. The molecule has 0 aromatic heterocycles. The van der Waals surface area contributed by atoms with E-state index in [4.69, 9.17) is 11.6 Å². The normalized spacial score (nSPS) is 11.8. The fraction of sp³-hybridized carbons (Fsp3) is 0.533. The summed E-state index contributed by atoms with van der Waals surface area (Å²) in [5, 5.41) is 6.76. The predicted octanol–water partition coefficient (Wildman–Crippen LogP) is 4.75. The second kappa shape index (κ2) is 11.8. The first kappa shape index (κ1) is 22.3. The molecule has 0 amide bonds.